The number of nitriles is 1. The van der Waals surface area contributed by atoms with Crippen molar-refractivity contribution in [2.24, 2.45) is 11.8 Å². The Kier molecular flexibility index (Phi) is 7.53. The molecule has 0 aromatic carbocycles. The van der Waals surface area contributed by atoms with E-state index < -0.39 is 0 Å². The van der Waals surface area contributed by atoms with Crippen molar-refractivity contribution in [1.29, 1.82) is 5.26 Å². The van der Waals surface area contributed by atoms with Gasteiger partial charge >= 0.3 is 0 Å². The minimum absolute atomic E-state index is 0.0605. The summed E-state index contributed by atoms with van der Waals surface area (Å²) >= 11 is 0. The van der Waals surface area contributed by atoms with Gasteiger partial charge in [0.05, 0.1) is 46.0 Å². The van der Waals surface area contributed by atoms with E-state index in [-0.39, 0.29) is 24.1 Å². The van der Waals surface area contributed by atoms with Gasteiger partial charge in [0.1, 0.15) is 11.9 Å². The monoisotopic (exact) mass is 540 g/mol. The van der Waals surface area contributed by atoms with E-state index in [1.54, 1.807) is 16.8 Å². The van der Waals surface area contributed by atoms with Crippen LogP contribution >= 0.6 is 0 Å². The number of hydrogen-bond acceptors (Lipinski definition) is 7. The number of aliphatic hydroxyl groups is 1. The van der Waals surface area contributed by atoms with Crippen LogP contribution in [0.4, 0.5) is 5.69 Å². The third-order valence-corrected chi connectivity index (χ3v) is 8.75. The Morgan fingerprint density at radius 2 is 1.85 bits per heavy atom. The number of Topliss-reactive ketones (excluding diaryl/α,β-unsaturated/α-hetero) is 1. The smallest absolute Gasteiger partial charge is 0.255 e. The number of aromatic nitrogens is 3. The molecule has 3 heterocycles. The van der Waals surface area contributed by atoms with Gasteiger partial charge < -0.3 is 15.7 Å². The van der Waals surface area contributed by atoms with Crippen LogP contribution < -0.4 is 10.6 Å². The lowest BCUT2D eigenvalue weighted by molar-refractivity contribution is -0.121. The Bertz CT molecular complexity index is 1450. The maximum atomic E-state index is 13.5. The van der Waals surface area contributed by atoms with Gasteiger partial charge in [0.2, 0.25) is 0 Å². The molecule has 3 N–H and O–H groups in total. The fourth-order valence-corrected chi connectivity index (χ4v) is 6.30. The zero-order chi connectivity index (χ0) is 27.6. The molecule has 3 saturated carbocycles. The van der Waals surface area contributed by atoms with E-state index in [1.807, 2.05) is 18.2 Å². The summed E-state index contributed by atoms with van der Waals surface area (Å²) < 4.78 is 1.74. The highest BCUT2D eigenvalue weighted by molar-refractivity contribution is 6.00. The number of ketones is 1. The van der Waals surface area contributed by atoms with Gasteiger partial charge in [-0.1, -0.05) is 0 Å². The third-order valence-electron chi connectivity index (χ3n) is 8.75. The lowest BCUT2D eigenvalue weighted by atomic mass is 9.82. The molecule has 2 atom stereocenters. The van der Waals surface area contributed by atoms with Crippen molar-refractivity contribution in [2.45, 2.75) is 88.8 Å². The number of pyridine rings is 1. The molecule has 6 rings (SSSR count). The second kappa shape index (κ2) is 11.4. The van der Waals surface area contributed by atoms with Crippen LogP contribution in [0.2, 0.25) is 0 Å². The van der Waals surface area contributed by atoms with Gasteiger partial charge in [0.25, 0.3) is 5.91 Å². The van der Waals surface area contributed by atoms with Crippen molar-refractivity contribution < 1.29 is 14.7 Å². The fourth-order valence-electron chi connectivity index (χ4n) is 6.30. The summed E-state index contributed by atoms with van der Waals surface area (Å²) in [6.07, 6.45) is 12.6. The largest absolute Gasteiger partial charge is 0.393 e. The van der Waals surface area contributed by atoms with E-state index in [0.29, 0.717) is 53.0 Å². The molecule has 208 valence electrons. The summed E-state index contributed by atoms with van der Waals surface area (Å²) in [5, 5.41) is 30.6. The summed E-state index contributed by atoms with van der Waals surface area (Å²) in [7, 11) is 0. The molecule has 3 aliphatic rings. The molecule has 0 radical (unpaired) electrons. The predicted molar refractivity (Wildman–Crippen MR) is 151 cm³/mol. The molecule has 3 aromatic rings. The Morgan fingerprint density at radius 3 is 2.60 bits per heavy atom. The van der Waals surface area contributed by atoms with Crippen molar-refractivity contribution >= 4 is 22.9 Å². The molecular formula is C31H36N6O3. The minimum atomic E-state index is -0.347. The highest BCUT2D eigenvalue weighted by atomic mass is 16.3. The first-order valence-electron chi connectivity index (χ1n) is 14.6. The predicted octanol–water partition coefficient (Wildman–Crippen LogP) is 4.64. The molecule has 0 unspecified atom stereocenters. The Balaban J connectivity index is 1.20. The molecule has 3 aromatic heterocycles. The quantitative estimate of drug-likeness (QED) is 0.379. The van der Waals surface area contributed by atoms with Crippen molar-refractivity contribution in [2.75, 3.05) is 5.32 Å². The summed E-state index contributed by atoms with van der Waals surface area (Å²) in [6.45, 7) is 0. The standard InChI is InChI=1S/C31H36N6O3/c32-16-20-12-24-10-11-29(37(24)34-17-20)28-15-27(35-23-2-1-3-25(38)14-23)26(18-33-28)31(40)36-22-8-4-19(5-9-22)13-30(39)21-6-7-21/h10-12,15,17-19,21-23,25,38H,1-9,13-14H2,(H,33,35)(H,36,40)/t19?,22?,23-,25+/m0/s1. The minimum Gasteiger partial charge on any atom is -0.393 e. The number of carbonyl (C=O) groups excluding carboxylic acids is 2. The van der Waals surface area contributed by atoms with Crippen molar-refractivity contribution in [3.8, 4) is 17.5 Å². The molecular weight excluding hydrogens is 504 g/mol. The molecule has 0 aliphatic heterocycles. The molecule has 3 fully saturated rings. The van der Waals surface area contributed by atoms with E-state index in [9.17, 15) is 20.0 Å². The number of nitrogens with one attached hydrogen (secondary N) is 2. The van der Waals surface area contributed by atoms with Crippen LogP contribution in [0, 0.1) is 23.2 Å². The van der Waals surface area contributed by atoms with E-state index in [2.05, 4.69) is 26.8 Å². The molecule has 0 saturated heterocycles. The van der Waals surface area contributed by atoms with Gasteiger partial charge in [-0.15, -0.1) is 0 Å². The molecule has 0 spiro atoms. The Hall–Kier alpha value is -3.77. The Morgan fingerprint density at radius 1 is 1.02 bits per heavy atom. The average molecular weight is 541 g/mol. The molecule has 9 heteroatoms. The molecule has 3 aliphatic carbocycles. The van der Waals surface area contributed by atoms with Gasteiger partial charge in [0, 0.05) is 30.6 Å². The molecule has 0 bridgehead atoms. The maximum absolute atomic E-state index is 13.5. The van der Waals surface area contributed by atoms with Crippen LogP contribution in [0.3, 0.4) is 0 Å². The van der Waals surface area contributed by atoms with Gasteiger partial charge in [-0.2, -0.15) is 10.4 Å². The molecule has 40 heavy (non-hydrogen) atoms. The third kappa shape index (κ3) is 5.87. The first kappa shape index (κ1) is 26.5. The number of aliphatic hydroxyl groups excluding tert-OH is 1. The topological polar surface area (TPSA) is 132 Å². The number of hydrogen-bond donors (Lipinski definition) is 3. The van der Waals surface area contributed by atoms with Gasteiger partial charge in [-0.3, -0.25) is 14.6 Å². The SMILES string of the molecule is N#Cc1cnn2c(-c3cc(N[C@H]4CCC[C@@H](O)C4)c(C(=O)NC4CCC(CC(=O)C5CC5)CC4)cn3)ccc2c1. The summed E-state index contributed by atoms with van der Waals surface area (Å²) in [6, 6.07) is 9.72. The van der Waals surface area contributed by atoms with Crippen LogP contribution in [0.15, 0.2) is 36.7 Å². The lowest BCUT2D eigenvalue weighted by Gasteiger charge is -2.30. The second-order valence-electron chi connectivity index (χ2n) is 11.8. The van der Waals surface area contributed by atoms with Crippen LogP contribution in [0.5, 0.6) is 0 Å². The number of carbonyl (C=O) groups is 2. The summed E-state index contributed by atoms with van der Waals surface area (Å²) in [5.74, 6) is 1.03. The van der Waals surface area contributed by atoms with Crippen molar-refractivity contribution in [3.05, 3.63) is 47.8 Å². The number of nitrogens with zero attached hydrogens (tertiary/aromatic N) is 4. The lowest BCUT2D eigenvalue weighted by Crippen LogP contribution is -2.38. The van der Waals surface area contributed by atoms with Crippen LogP contribution in [-0.2, 0) is 4.79 Å². The summed E-state index contributed by atoms with van der Waals surface area (Å²) in [4.78, 5) is 30.4. The number of fused-ring (bicyclic) bond motifs is 1. The Labute approximate surface area is 234 Å². The summed E-state index contributed by atoms with van der Waals surface area (Å²) in [5.41, 5.74) is 3.87. The average Bonchev–Trinajstić information content (AvgIpc) is 3.73. The first-order valence-corrected chi connectivity index (χ1v) is 14.6. The van der Waals surface area contributed by atoms with Crippen LogP contribution in [-0.4, -0.2) is 49.6 Å². The number of rotatable bonds is 8. The van der Waals surface area contributed by atoms with Crippen LogP contribution in [0.25, 0.3) is 16.9 Å². The fraction of sp³-hybridized carbons (Fsp3) is 0.516. The number of anilines is 1. The first-order chi connectivity index (χ1) is 19.5. The van der Waals surface area contributed by atoms with Gasteiger partial charge in [0.15, 0.2) is 0 Å². The van der Waals surface area contributed by atoms with E-state index in [4.69, 9.17) is 0 Å². The zero-order valence-corrected chi connectivity index (χ0v) is 22.7. The molecule has 9 nitrogen and oxygen atoms in total. The van der Waals surface area contributed by atoms with E-state index in [0.717, 1.165) is 69.0 Å². The normalized spacial score (nSPS) is 24.8. The molecule has 1 amide bonds. The van der Waals surface area contributed by atoms with Crippen molar-refractivity contribution in [1.82, 2.24) is 19.9 Å². The number of amides is 1. The van der Waals surface area contributed by atoms with Crippen molar-refractivity contribution in [3.63, 3.8) is 0 Å². The zero-order valence-electron chi connectivity index (χ0n) is 22.7. The van der Waals surface area contributed by atoms with E-state index >= 15 is 0 Å². The van der Waals surface area contributed by atoms with Crippen LogP contribution in [0.1, 0.15) is 86.6 Å². The van der Waals surface area contributed by atoms with Gasteiger partial charge in [-0.25, -0.2) is 4.52 Å². The van der Waals surface area contributed by atoms with Gasteiger partial charge in [-0.05, 0) is 94.4 Å². The maximum Gasteiger partial charge on any atom is 0.255 e. The highest BCUT2D eigenvalue weighted by Crippen LogP contribution is 2.35. The highest BCUT2D eigenvalue weighted by Gasteiger charge is 2.32. The van der Waals surface area contributed by atoms with E-state index in [1.165, 1.54) is 6.20 Å². The second-order valence-corrected chi connectivity index (χ2v) is 11.8.